The number of carbonyl (C=O) groups excluding carboxylic acids is 2. The fourth-order valence-corrected chi connectivity index (χ4v) is 8.63. The molecule has 0 fully saturated rings. The lowest BCUT2D eigenvalue weighted by Gasteiger charge is -2.24. The van der Waals surface area contributed by atoms with Gasteiger partial charge in [-0.2, -0.15) is 0 Å². The molecule has 0 saturated carbocycles. The van der Waals surface area contributed by atoms with Crippen molar-refractivity contribution in [3.8, 4) is 0 Å². The normalized spacial score (nSPS) is 13.4. The molecule has 0 aliphatic carbocycles. The summed E-state index contributed by atoms with van der Waals surface area (Å²) in [7, 11) is 0. The summed E-state index contributed by atoms with van der Waals surface area (Å²) in [5.74, 6) is -0.480. The van der Waals surface area contributed by atoms with Crippen LogP contribution in [0.5, 0.6) is 0 Å². The van der Waals surface area contributed by atoms with Crippen LogP contribution in [-0.4, -0.2) is 46.9 Å². The number of esters is 1. The number of rotatable bonds is 51. The van der Waals surface area contributed by atoms with Gasteiger partial charge in [0.1, 0.15) is 6.10 Å². The number of hydrogen-bond donors (Lipinski definition) is 3. The minimum absolute atomic E-state index is 0.0693. The zero-order chi connectivity index (χ0) is 46.7. The molecule has 6 nitrogen and oxygen atoms in total. The Morgan fingerprint density at radius 3 is 1.25 bits per heavy atom. The molecule has 376 valence electrons. The van der Waals surface area contributed by atoms with Crippen LogP contribution in [0, 0.1) is 0 Å². The molecule has 0 bridgehead atoms. The first kappa shape index (κ1) is 62.1. The van der Waals surface area contributed by atoms with E-state index >= 15 is 0 Å². The minimum atomic E-state index is -0.791. The smallest absolute Gasteiger partial charge is 0.306 e. The Kier molecular flexibility index (Phi) is 50.5. The van der Waals surface area contributed by atoms with E-state index < -0.39 is 18.2 Å². The van der Waals surface area contributed by atoms with Gasteiger partial charge in [-0.1, -0.05) is 237 Å². The Labute approximate surface area is 398 Å². The molecule has 3 unspecified atom stereocenters. The van der Waals surface area contributed by atoms with Gasteiger partial charge in [-0.3, -0.25) is 9.59 Å². The van der Waals surface area contributed by atoms with Gasteiger partial charge < -0.3 is 20.3 Å². The first-order valence-electron chi connectivity index (χ1n) is 28.2. The zero-order valence-corrected chi connectivity index (χ0v) is 42.9. The molecule has 6 heteroatoms. The standard InChI is InChI=1S/C58H109NO5/c1-4-7-10-13-16-19-22-25-28-31-34-37-40-43-46-49-54(64-58(63)51-48-45-42-39-36-33-30-27-24-21-18-15-12-9-6-3)52-57(62)59-55(53-60)56(61)50-47-44-41-38-35-32-29-26-23-20-17-14-11-8-5-2/h16,19,21,24-25,28,54-56,60-61H,4-15,17-18,20,22-23,26-27,29-53H2,1-3H3,(H,59,62)/b19-16-,24-21-,28-25-. The quantitative estimate of drug-likeness (QED) is 0.0321. The summed E-state index contributed by atoms with van der Waals surface area (Å²) >= 11 is 0. The Hall–Kier alpha value is -1.92. The third-order valence-electron chi connectivity index (χ3n) is 12.9. The van der Waals surface area contributed by atoms with E-state index in [2.05, 4.69) is 62.5 Å². The van der Waals surface area contributed by atoms with E-state index in [9.17, 15) is 19.8 Å². The van der Waals surface area contributed by atoms with Crippen LogP contribution in [-0.2, 0) is 14.3 Å². The molecular formula is C58H109NO5. The van der Waals surface area contributed by atoms with Gasteiger partial charge in [0.25, 0.3) is 0 Å². The molecule has 0 aromatic heterocycles. The molecule has 0 aliphatic heterocycles. The van der Waals surface area contributed by atoms with Crippen LogP contribution < -0.4 is 5.32 Å². The van der Waals surface area contributed by atoms with Crippen LogP contribution >= 0.6 is 0 Å². The van der Waals surface area contributed by atoms with Crippen molar-refractivity contribution < 1.29 is 24.5 Å². The summed E-state index contributed by atoms with van der Waals surface area (Å²) in [6.45, 7) is 6.47. The molecule has 1 amide bonds. The van der Waals surface area contributed by atoms with Gasteiger partial charge in [0, 0.05) is 6.42 Å². The van der Waals surface area contributed by atoms with E-state index in [0.29, 0.717) is 19.3 Å². The highest BCUT2D eigenvalue weighted by atomic mass is 16.5. The summed E-state index contributed by atoms with van der Waals surface area (Å²) in [6, 6.07) is -0.705. The van der Waals surface area contributed by atoms with Gasteiger partial charge in [-0.25, -0.2) is 0 Å². The fraction of sp³-hybridized carbons (Fsp3) is 0.862. The Morgan fingerprint density at radius 2 is 0.797 bits per heavy atom. The molecule has 0 radical (unpaired) electrons. The zero-order valence-electron chi connectivity index (χ0n) is 42.9. The van der Waals surface area contributed by atoms with Crippen LogP contribution in [0.2, 0.25) is 0 Å². The molecule has 0 saturated heterocycles. The van der Waals surface area contributed by atoms with Crippen LogP contribution in [0.1, 0.15) is 297 Å². The van der Waals surface area contributed by atoms with Gasteiger partial charge >= 0.3 is 5.97 Å². The number of aliphatic hydroxyl groups excluding tert-OH is 2. The molecule has 0 aliphatic rings. The fourth-order valence-electron chi connectivity index (χ4n) is 8.63. The maximum atomic E-state index is 13.3. The van der Waals surface area contributed by atoms with Gasteiger partial charge in [-0.05, 0) is 83.5 Å². The molecule has 3 atom stereocenters. The monoisotopic (exact) mass is 900 g/mol. The van der Waals surface area contributed by atoms with Crippen LogP contribution in [0.25, 0.3) is 0 Å². The average Bonchev–Trinajstić information content (AvgIpc) is 3.29. The highest BCUT2D eigenvalue weighted by molar-refractivity contribution is 5.77. The summed E-state index contributed by atoms with van der Waals surface area (Å²) in [5, 5.41) is 23.9. The van der Waals surface area contributed by atoms with Crippen LogP contribution in [0.15, 0.2) is 36.5 Å². The van der Waals surface area contributed by atoms with Crippen molar-refractivity contribution in [2.45, 2.75) is 315 Å². The Morgan fingerprint density at radius 1 is 0.453 bits per heavy atom. The highest BCUT2D eigenvalue weighted by Gasteiger charge is 2.24. The van der Waals surface area contributed by atoms with E-state index in [1.165, 1.54) is 186 Å². The van der Waals surface area contributed by atoms with E-state index in [4.69, 9.17) is 4.74 Å². The number of ether oxygens (including phenoxy) is 1. The van der Waals surface area contributed by atoms with Crippen LogP contribution in [0.4, 0.5) is 0 Å². The van der Waals surface area contributed by atoms with Crippen molar-refractivity contribution in [3.05, 3.63) is 36.5 Å². The first-order valence-corrected chi connectivity index (χ1v) is 28.2. The van der Waals surface area contributed by atoms with Gasteiger partial charge in [-0.15, -0.1) is 0 Å². The lowest BCUT2D eigenvalue weighted by atomic mass is 10.0. The molecule has 0 rings (SSSR count). The summed E-state index contributed by atoms with van der Waals surface area (Å²) in [5.41, 5.74) is 0. The molecule has 64 heavy (non-hydrogen) atoms. The number of allylic oxidation sites excluding steroid dienone is 6. The van der Waals surface area contributed by atoms with E-state index in [1.54, 1.807) is 0 Å². The molecular weight excluding hydrogens is 791 g/mol. The summed E-state index contributed by atoms with van der Waals surface area (Å²) in [4.78, 5) is 26.2. The Balaban J connectivity index is 4.57. The SMILES string of the molecule is CCCCC/C=C\C/C=C\CCCCCCCC(CC(=O)NC(CO)C(O)CCCCCCCCCCCCCCCCC)OC(=O)CCCCCCCCC/C=C\CCCCCC. The van der Waals surface area contributed by atoms with Gasteiger partial charge in [0.2, 0.25) is 5.91 Å². The van der Waals surface area contributed by atoms with Crippen LogP contribution in [0.3, 0.4) is 0 Å². The second kappa shape index (κ2) is 52.1. The Bertz CT molecular complexity index is 1060. The number of unbranched alkanes of at least 4 members (excludes halogenated alkanes) is 33. The number of carbonyl (C=O) groups is 2. The number of aliphatic hydroxyl groups is 2. The minimum Gasteiger partial charge on any atom is -0.462 e. The largest absolute Gasteiger partial charge is 0.462 e. The molecule has 3 N–H and O–H groups in total. The summed E-state index contributed by atoms with van der Waals surface area (Å²) in [6.07, 6.45) is 62.0. The van der Waals surface area contributed by atoms with E-state index in [0.717, 1.165) is 64.2 Å². The molecule has 0 spiro atoms. The topological polar surface area (TPSA) is 95.9 Å². The predicted molar refractivity (Wildman–Crippen MR) is 278 cm³/mol. The first-order chi connectivity index (χ1) is 31.5. The van der Waals surface area contributed by atoms with Gasteiger partial charge in [0.05, 0.1) is 25.2 Å². The predicted octanol–water partition coefficient (Wildman–Crippen LogP) is 17.2. The van der Waals surface area contributed by atoms with Crippen molar-refractivity contribution in [3.63, 3.8) is 0 Å². The van der Waals surface area contributed by atoms with Gasteiger partial charge in [0.15, 0.2) is 0 Å². The molecule has 0 aromatic rings. The summed E-state index contributed by atoms with van der Waals surface area (Å²) < 4.78 is 5.95. The third-order valence-corrected chi connectivity index (χ3v) is 12.9. The average molecular weight is 901 g/mol. The highest BCUT2D eigenvalue weighted by Crippen LogP contribution is 2.18. The lowest BCUT2D eigenvalue weighted by Crippen LogP contribution is -2.46. The van der Waals surface area contributed by atoms with Crippen molar-refractivity contribution in [1.29, 1.82) is 0 Å². The van der Waals surface area contributed by atoms with Crippen molar-refractivity contribution in [2.24, 2.45) is 0 Å². The number of nitrogens with one attached hydrogen (secondary N) is 1. The van der Waals surface area contributed by atoms with E-state index in [-0.39, 0.29) is 24.9 Å². The third kappa shape index (κ3) is 46.6. The van der Waals surface area contributed by atoms with Crippen molar-refractivity contribution in [1.82, 2.24) is 5.32 Å². The number of hydrogen-bond acceptors (Lipinski definition) is 5. The molecule has 0 heterocycles. The number of amides is 1. The maximum Gasteiger partial charge on any atom is 0.306 e. The maximum absolute atomic E-state index is 13.3. The lowest BCUT2D eigenvalue weighted by molar-refractivity contribution is -0.151. The van der Waals surface area contributed by atoms with Crippen molar-refractivity contribution >= 4 is 11.9 Å². The van der Waals surface area contributed by atoms with Crippen molar-refractivity contribution in [2.75, 3.05) is 6.61 Å². The second-order valence-corrected chi connectivity index (χ2v) is 19.3. The van der Waals surface area contributed by atoms with E-state index in [1.807, 2.05) is 0 Å². The second-order valence-electron chi connectivity index (χ2n) is 19.3. The molecule has 0 aromatic carbocycles.